The molecule has 0 aromatic heterocycles. The van der Waals surface area contributed by atoms with Gasteiger partial charge in [0.05, 0.1) is 5.56 Å². The van der Waals surface area contributed by atoms with Crippen LogP contribution in [-0.4, -0.2) is 16.8 Å². The van der Waals surface area contributed by atoms with Crippen molar-refractivity contribution in [1.82, 2.24) is 0 Å². The molecule has 1 aliphatic rings. The van der Waals surface area contributed by atoms with E-state index in [2.05, 4.69) is 5.16 Å². The Morgan fingerprint density at radius 2 is 1.81 bits per heavy atom. The van der Waals surface area contributed by atoms with Gasteiger partial charge in [-0.3, -0.25) is 4.79 Å². The molecule has 0 atom stereocenters. The molecule has 0 fully saturated rings. The molecule has 0 saturated heterocycles. The van der Waals surface area contributed by atoms with Crippen LogP contribution in [0.2, 0.25) is 0 Å². The molecule has 0 bridgehead atoms. The van der Waals surface area contributed by atoms with Crippen molar-refractivity contribution in [2.75, 3.05) is 0 Å². The molecule has 2 aromatic carbocycles. The number of rotatable bonds is 2. The van der Waals surface area contributed by atoms with Crippen LogP contribution in [-0.2, 0) is 4.84 Å². The monoisotopic (exact) mass is 297 g/mol. The summed E-state index contributed by atoms with van der Waals surface area (Å²) in [7, 11) is 0. The largest absolute Gasteiger partial charge is 0.365 e. The number of nitrogens with zero attached hydrogens (tertiary/aromatic N) is 1. The first-order chi connectivity index (χ1) is 10.1. The van der Waals surface area contributed by atoms with Crippen molar-refractivity contribution >= 4 is 28.6 Å². The zero-order chi connectivity index (χ0) is 14.8. The van der Waals surface area contributed by atoms with E-state index in [4.69, 9.17) is 4.84 Å². The Balaban J connectivity index is 1.75. The lowest BCUT2D eigenvalue weighted by molar-refractivity contribution is 0.0517. The highest BCUT2D eigenvalue weighted by atomic mass is 32.2. The Morgan fingerprint density at radius 3 is 2.52 bits per heavy atom. The number of benzene rings is 2. The van der Waals surface area contributed by atoms with Crippen LogP contribution in [0.25, 0.3) is 0 Å². The summed E-state index contributed by atoms with van der Waals surface area (Å²) >= 11 is 1.21. The fourth-order valence-electron chi connectivity index (χ4n) is 1.89. The first-order valence-corrected chi connectivity index (χ1v) is 7.14. The molecule has 0 radical (unpaired) electrons. The molecule has 1 heterocycles. The Labute approximate surface area is 125 Å². The first-order valence-electron chi connectivity index (χ1n) is 6.33. The van der Waals surface area contributed by atoms with Crippen molar-refractivity contribution < 1.29 is 14.4 Å². The lowest BCUT2D eigenvalue weighted by atomic mass is 10.1. The molecule has 0 amide bonds. The minimum absolute atomic E-state index is 0.177. The second-order valence-corrected chi connectivity index (χ2v) is 5.60. The minimum atomic E-state index is -0.577. The van der Waals surface area contributed by atoms with Gasteiger partial charge >= 0.3 is 5.97 Å². The molecule has 4 nitrogen and oxygen atoms in total. The number of thioether (sulfide) groups is 1. The molecule has 0 saturated carbocycles. The summed E-state index contributed by atoms with van der Waals surface area (Å²) < 4.78 is 0. The first kappa shape index (κ1) is 13.6. The molecule has 0 aliphatic carbocycles. The number of ketones is 1. The van der Waals surface area contributed by atoms with Crippen molar-refractivity contribution in [2.45, 2.75) is 11.8 Å². The van der Waals surface area contributed by atoms with E-state index in [1.165, 1.54) is 11.8 Å². The van der Waals surface area contributed by atoms with Crippen molar-refractivity contribution in [2.24, 2.45) is 5.16 Å². The Bertz CT molecular complexity index is 750. The van der Waals surface area contributed by atoms with E-state index < -0.39 is 5.97 Å². The normalized spacial score (nSPS) is 15.1. The molecule has 0 unspecified atom stereocenters. The summed E-state index contributed by atoms with van der Waals surface area (Å²) in [6.07, 6.45) is 0. The number of carbonyl (C=O) groups is 2. The number of fused-ring (bicyclic) bond motifs is 1. The number of hydrogen-bond acceptors (Lipinski definition) is 5. The van der Waals surface area contributed by atoms with Crippen LogP contribution in [0.5, 0.6) is 0 Å². The summed E-state index contributed by atoms with van der Waals surface area (Å²) in [6, 6.07) is 14.2. The Hall–Kier alpha value is -2.40. The second-order valence-electron chi connectivity index (χ2n) is 4.57. The summed E-state index contributed by atoms with van der Waals surface area (Å²) in [5.41, 5.74) is 2.04. The lowest BCUT2D eigenvalue weighted by Crippen LogP contribution is -2.07. The molecular formula is C16H11NO3S. The predicted octanol–water partition coefficient (Wildman–Crippen LogP) is 3.45. The van der Waals surface area contributed by atoms with Gasteiger partial charge in [0.2, 0.25) is 5.78 Å². The molecule has 104 valence electrons. The van der Waals surface area contributed by atoms with E-state index in [9.17, 15) is 9.59 Å². The number of Topliss-reactive ketones (excluding diaryl/α,β-unsaturated/α-hetero) is 1. The average molecular weight is 297 g/mol. The summed E-state index contributed by atoms with van der Waals surface area (Å²) in [5, 5.41) is 3.88. The molecule has 1 aliphatic heterocycles. The summed E-state index contributed by atoms with van der Waals surface area (Å²) in [6.45, 7) is 1.93. The van der Waals surface area contributed by atoms with E-state index in [0.717, 1.165) is 10.5 Å². The van der Waals surface area contributed by atoms with Gasteiger partial charge in [0.25, 0.3) is 0 Å². The smallest absolute Gasteiger partial charge is 0.312 e. The number of oxime groups is 1. The van der Waals surface area contributed by atoms with E-state index in [1.54, 1.807) is 24.3 Å². The molecule has 5 heteroatoms. The highest BCUT2D eigenvalue weighted by molar-refractivity contribution is 8.16. The van der Waals surface area contributed by atoms with Gasteiger partial charge in [-0.2, -0.15) is 0 Å². The highest BCUT2D eigenvalue weighted by Gasteiger charge is 2.28. The van der Waals surface area contributed by atoms with Gasteiger partial charge in [-0.05, 0) is 31.2 Å². The standard InChI is InChI=1S/C16H11NO3S/c1-10-6-8-11(9-7-10)16(19)20-17-15-14(18)12-4-2-3-5-13(12)21-15/h2-9H,1H3/b17-15-. The van der Waals surface area contributed by atoms with Gasteiger partial charge in [0.15, 0.2) is 5.04 Å². The quantitative estimate of drug-likeness (QED) is 0.629. The number of hydrogen-bond donors (Lipinski definition) is 0. The highest BCUT2D eigenvalue weighted by Crippen LogP contribution is 2.33. The van der Waals surface area contributed by atoms with Crippen molar-refractivity contribution in [3.05, 3.63) is 65.2 Å². The van der Waals surface area contributed by atoms with Crippen LogP contribution >= 0.6 is 11.8 Å². The van der Waals surface area contributed by atoms with Crippen LogP contribution in [0.15, 0.2) is 58.6 Å². The van der Waals surface area contributed by atoms with Crippen molar-refractivity contribution in [3.63, 3.8) is 0 Å². The molecule has 3 rings (SSSR count). The third-order valence-electron chi connectivity index (χ3n) is 3.03. The Kier molecular flexibility index (Phi) is 3.58. The fourth-order valence-corrected chi connectivity index (χ4v) is 2.80. The lowest BCUT2D eigenvalue weighted by Gasteiger charge is -1.99. The SMILES string of the molecule is Cc1ccc(C(=O)O/N=C2\Sc3ccccc3C2=O)cc1. The maximum atomic E-state index is 12.0. The summed E-state index contributed by atoms with van der Waals surface area (Å²) in [4.78, 5) is 29.6. The zero-order valence-corrected chi connectivity index (χ0v) is 12.0. The second kappa shape index (κ2) is 5.54. The van der Waals surface area contributed by atoms with Gasteiger partial charge in [-0.15, -0.1) is 0 Å². The maximum Gasteiger partial charge on any atom is 0.365 e. The fraction of sp³-hybridized carbons (Fsp3) is 0.0625. The number of aryl methyl sites for hydroxylation is 1. The third-order valence-corrected chi connectivity index (χ3v) is 4.06. The van der Waals surface area contributed by atoms with E-state index >= 15 is 0 Å². The van der Waals surface area contributed by atoms with Crippen molar-refractivity contribution in [3.8, 4) is 0 Å². The van der Waals surface area contributed by atoms with Gasteiger partial charge < -0.3 is 4.84 Å². The minimum Gasteiger partial charge on any atom is -0.312 e. The molecule has 21 heavy (non-hydrogen) atoms. The van der Waals surface area contributed by atoms with Crippen LogP contribution in [0, 0.1) is 6.92 Å². The molecule has 0 N–H and O–H groups in total. The topological polar surface area (TPSA) is 55.7 Å². The van der Waals surface area contributed by atoms with Crippen LogP contribution in [0.4, 0.5) is 0 Å². The van der Waals surface area contributed by atoms with Crippen LogP contribution < -0.4 is 0 Å². The Morgan fingerprint density at radius 1 is 1.10 bits per heavy atom. The number of carbonyl (C=O) groups excluding carboxylic acids is 2. The zero-order valence-electron chi connectivity index (χ0n) is 11.2. The molecule has 2 aromatic rings. The maximum absolute atomic E-state index is 12.0. The molecule has 0 spiro atoms. The third kappa shape index (κ3) is 2.73. The molecular weight excluding hydrogens is 286 g/mol. The van der Waals surface area contributed by atoms with Gasteiger partial charge in [-0.1, -0.05) is 46.7 Å². The van der Waals surface area contributed by atoms with Gasteiger partial charge in [-0.25, -0.2) is 4.79 Å². The van der Waals surface area contributed by atoms with Gasteiger partial charge in [0.1, 0.15) is 0 Å². The van der Waals surface area contributed by atoms with Crippen LogP contribution in [0.3, 0.4) is 0 Å². The van der Waals surface area contributed by atoms with E-state index in [-0.39, 0.29) is 10.8 Å². The summed E-state index contributed by atoms with van der Waals surface area (Å²) in [5.74, 6) is -0.792. The van der Waals surface area contributed by atoms with E-state index in [1.807, 2.05) is 31.2 Å². The average Bonchev–Trinajstić information content (AvgIpc) is 2.82. The van der Waals surface area contributed by atoms with Crippen molar-refractivity contribution in [1.29, 1.82) is 0 Å². The van der Waals surface area contributed by atoms with Gasteiger partial charge in [0, 0.05) is 10.5 Å². The predicted molar refractivity (Wildman–Crippen MR) is 80.7 cm³/mol. The van der Waals surface area contributed by atoms with E-state index in [0.29, 0.717) is 11.1 Å². The van der Waals surface area contributed by atoms with Crippen LogP contribution in [0.1, 0.15) is 26.3 Å².